The van der Waals surface area contributed by atoms with Crippen LogP contribution in [0, 0.1) is 10.1 Å². The van der Waals surface area contributed by atoms with Crippen molar-refractivity contribution in [3.05, 3.63) is 74.8 Å². The molecule has 0 bridgehead atoms. The van der Waals surface area contributed by atoms with Crippen LogP contribution in [0.15, 0.2) is 48.5 Å². The molecule has 1 atom stereocenters. The zero-order valence-electron chi connectivity index (χ0n) is 11.4. The summed E-state index contributed by atoms with van der Waals surface area (Å²) in [6, 6.07) is 12.0. The molecule has 0 saturated heterocycles. The van der Waals surface area contributed by atoms with E-state index in [1.807, 2.05) is 6.07 Å². The lowest BCUT2D eigenvalue weighted by Crippen LogP contribution is -2.31. The van der Waals surface area contributed by atoms with Crippen molar-refractivity contribution in [3.63, 3.8) is 0 Å². The van der Waals surface area contributed by atoms with Crippen LogP contribution < -0.4 is 5.32 Å². The summed E-state index contributed by atoms with van der Waals surface area (Å²) in [5, 5.41) is 23.2. The van der Waals surface area contributed by atoms with Gasteiger partial charge in [-0.2, -0.15) is 0 Å². The van der Waals surface area contributed by atoms with E-state index in [2.05, 4.69) is 5.32 Å². The Kier molecular flexibility index (Phi) is 5.08. The van der Waals surface area contributed by atoms with Gasteiger partial charge in [-0.25, -0.2) is 0 Å². The summed E-state index contributed by atoms with van der Waals surface area (Å²) in [7, 11) is 0. The minimum atomic E-state index is -0.669. The fourth-order valence-electron chi connectivity index (χ4n) is 2.00. The van der Waals surface area contributed by atoms with Crippen LogP contribution in [0.25, 0.3) is 0 Å². The average molecular weight is 321 g/mol. The quantitative estimate of drug-likeness (QED) is 0.654. The molecule has 0 aromatic heterocycles. The highest BCUT2D eigenvalue weighted by atomic mass is 35.5. The van der Waals surface area contributed by atoms with Crippen LogP contribution in [-0.4, -0.2) is 22.5 Å². The molecule has 0 aliphatic carbocycles. The van der Waals surface area contributed by atoms with E-state index in [1.165, 1.54) is 12.1 Å². The van der Waals surface area contributed by atoms with Gasteiger partial charge in [0.2, 0.25) is 0 Å². The molecular formula is C15H13ClN2O4. The largest absolute Gasteiger partial charge is 0.394 e. The lowest BCUT2D eigenvalue weighted by atomic mass is 10.1. The minimum Gasteiger partial charge on any atom is -0.394 e. The molecule has 7 heteroatoms. The maximum Gasteiger partial charge on any atom is 0.283 e. The van der Waals surface area contributed by atoms with E-state index in [9.17, 15) is 20.0 Å². The first kappa shape index (κ1) is 15.9. The fourth-order valence-corrected chi connectivity index (χ4v) is 2.17. The zero-order chi connectivity index (χ0) is 16.1. The Morgan fingerprint density at radius 1 is 1.27 bits per heavy atom. The molecular weight excluding hydrogens is 308 g/mol. The van der Waals surface area contributed by atoms with E-state index < -0.39 is 16.9 Å². The number of amides is 1. The number of hydrogen-bond acceptors (Lipinski definition) is 4. The molecule has 0 saturated carbocycles. The maximum atomic E-state index is 12.3. The topological polar surface area (TPSA) is 92.5 Å². The van der Waals surface area contributed by atoms with Crippen LogP contribution in [0.5, 0.6) is 0 Å². The van der Waals surface area contributed by atoms with Crippen molar-refractivity contribution in [1.82, 2.24) is 5.32 Å². The van der Waals surface area contributed by atoms with E-state index in [0.717, 1.165) is 6.07 Å². The monoisotopic (exact) mass is 320 g/mol. The molecule has 2 N–H and O–H groups in total. The van der Waals surface area contributed by atoms with Crippen molar-refractivity contribution in [2.45, 2.75) is 6.04 Å². The molecule has 1 unspecified atom stereocenters. The first-order valence-electron chi connectivity index (χ1n) is 6.43. The van der Waals surface area contributed by atoms with Crippen molar-refractivity contribution < 1.29 is 14.8 Å². The van der Waals surface area contributed by atoms with Gasteiger partial charge < -0.3 is 10.4 Å². The summed E-state index contributed by atoms with van der Waals surface area (Å²) in [6.45, 7) is -0.322. The first-order chi connectivity index (χ1) is 10.5. The van der Waals surface area contributed by atoms with Gasteiger partial charge >= 0.3 is 0 Å². The van der Waals surface area contributed by atoms with Gasteiger partial charge in [-0.15, -0.1) is 0 Å². The second-order valence-corrected chi connectivity index (χ2v) is 4.97. The van der Waals surface area contributed by atoms with Crippen molar-refractivity contribution in [1.29, 1.82) is 0 Å². The number of aliphatic hydroxyl groups excluding tert-OH is 1. The summed E-state index contributed by atoms with van der Waals surface area (Å²) in [5.41, 5.74) is 0.216. The van der Waals surface area contributed by atoms with Crippen molar-refractivity contribution in [2.75, 3.05) is 6.61 Å². The number of carbonyl (C=O) groups excluding carboxylic acids is 1. The number of nitrogens with zero attached hydrogens (tertiary/aromatic N) is 1. The molecule has 0 heterocycles. The van der Waals surface area contributed by atoms with Crippen LogP contribution in [-0.2, 0) is 0 Å². The van der Waals surface area contributed by atoms with E-state index in [1.54, 1.807) is 24.3 Å². The van der Waals surface area contributed by atoms with Crippen LogP contribution in [0.2, 0.25) is 5.02 Å². The SMILES string of the molecule is O=C(NC(CO)c1ccccc1)c1ccc(Cl)cc1[N+](=O)[O-]. The van der Waals surface area contributed by atoms with Gasteiger partial charge in [0, 0.05) is 11.1 Å². The molecule has 114 valence electrons. The van der Waals surface area contributed by atoms with Crippen molar-refractivity contribution in [2.24, 2.45) is 0 Å². The van der Waals surface area contributed by atoms with Crippen molar-refractivity contribution in [3.8, 4) is 0 Å². The number of nitro groups is 1. The van der Waals surface area contributed by atoms with Crippen LogP contribution >= 0.6 is 11.6 Å². The number of rotatable bonds is 5. The Bertz CT molecular complexity index is 691. The van der Waals surface area contributed by atoms with Gasteiger partial charge in [0.15, 0.2) is 0 Å². The summed E-state index contributed by atoms with van der Waals surface area (Å²) >= 11 is 5.72. The molecule has 0 aliphatic rings. The minimum absolute atomic E-state index is 0.108. The van der Waals surface area contributed by atoms with E-state index >= 15 is 0 Å². The highest BCUT2D eigenvalue weighted by Crippen LogP contribution is 2.24. The number of hydrogen-bond donors (Lipinski definition) is 2. The van der Waals surface area contributed by atoms with E-state index in [0.29, 0.717) is 5.56 Å². The number of nitrogens with one attached hydrogen (secondary N) is 1. The Labute approximate surface area is 131 Å². The van der Waals surface area contributed by atoms with Crippen LogP contribution in [0.4, 0.5) is 5.69 Å². The summed E-state index contributed by atoms with van der Waals surface area (Å²) in [5.74, 6) is -0.647. The van der Waals surface area contributed by atoms with Gasteiger partial charge in [0.05, 0.1) is 17.6 Å². The Balaban J connectivity index is 2.27. The summed E-state index contributed by atoms with van der Waals surface area (Å²) in [6.07, 6.45) is 0. The predicted molar refractivity (Wildman–Crippen MR) is 81.8 cm³/mol. The standard InChI is InChI=1S/C15H13ClN2O4/c16-11-6-7-12(14(8-11)18(21)22)15(20)17-13(9-19)10-4-2-1-3-5-10/h1-8,13,19H,9H2,(H,17,20). The molecule has 6 nitrogen and oxygen atoms in total. The maximum absolute atomic E-state index is 12.3. The number of nitro benzene ring substituents is 1. The lowest BCUT2D eigenvalue weighted by Gasteiger charge is -2.16. The number of aliphatic hydroxyl groups is 1. The lowest BCUT2D eigenvalue weighted by molar-refractivity contribution is -0.385. The molecule has 0 radical (unpaired) electrons. The molecule has 0 aliphatic heterocycles. The van der Waals surface area contributed by atoms with E-state index in [-0.39, 0.29) is 22.9 Å². The molecule has 2 aromatic rings. The number of benzene rings is 2. The van der Waals surface area contributed by atoms with Gasteiger partial charge in [-0.1, -0.05) is 41.9 Å². The molecule has 2 aromatic carbocycles. The fraction of sp³-hybridized carbons (Fsp3) is 0.133. The second kappa shape index (κ2) is 7.02. The molecule has 2 rings (SSSR count). The van der Waals surface area contributed by atoms with Crippen molar-refractivity contribution >= 4 is 23.2 Å². The van der Waals surface area contributed by atoms with Gasteiger partial charge in [-0.3, -0.25) is 14.9 Å². The predicted octanol–water partition coefficient (Wildman–Crippen LogP) is 2.71. The van der Waals surface area contributed by atoms with E-state index in [4.69, 9.17) is 11.6 Å². The second-order valence-electron chi connectivity index (χ2n) is 4.54. The molecule has 0 spiro atoms. The smallest absolute Gasteiger partial charge is 0.283 e. The van der Waals surface area contributed by atoms with Gasteiger partial charge in [-0.05, 0) is 17.7 Å². The average Bonchev–Trinajstić information content (AvgIpc) is 2.53. The Hall–Kier alpha value is -2.44. The highest BCUT2D eigenvalue weighted by molar-refractivity contribution is 6.31. The summed E-state index contributed by atoms with van der Waals surface area (Å²) < 4.78 is 0. The zero-order valence-corrected chi connectivity index (χ0v) is 12.2. The number of carbonyl (C=O) groups is 1. The first-order valence-corrected chi connectivity index (χ1v) is 6.81. The number of halogens is 1. The third kappa shape index (κ3) is 3.60. The van der Waals surface area contributed by atoms with Gasteiger partial charge in [0.1, 0.15) is 5.56 Å². The molecule has 1 amide bonds. The van der Waals surface area contributed by atoms with Gasteiger partial charge in [0.25, 0.3) is 11.6 Å². The third-order valence-electron chi connectivity index (χ3n) is 3.09. The molecule has 0 fully saturated rings. The third-order valence-corrected chi connectivity index (χ3v) is 3.33. The molecule has 22 heavy (non-hydrogen) atoms. The summed E-state index contributed by atoms with van der Waals surface area (Å²) in [4.78, 5) is 22.6. The normalized spacial score (nSPS) is 11.7. The highest BCUT2D eigenvalue weighted by Gasteiger charge is 2.23. The van der Waals surface area contributed by atoms with Crippen LogP contribution in [0.3, 0.4) is 0 Å². The Morgan fingerprint density at radius 3 is 2.55 bits per heavy atom. The van der Waals surface area contributed by atoms with Crippen LogP contribution in [0.1, 0.15) is 22.0 Å². The Morgan fingerprint density at radius 2 is 1.95 bits per heavy atom.